The molecule has 4 nitrogen and oxygen atoms in total. The van der Waals surface area contributed by atoms with E-state index in [4.69, 9.17) is 0 Å². The van der Waals surface area contributed by atoms with Crippen LogP contribution in [0.1, 0.15) is 15.9 Å². The molecule has 0 radical (unpaired) electrons. The van der Waals surface area contributed by atoms with Gasteiger partial charge in [-0.1, -0.05) is 42.1 Å². The van der Waals surface area contributed by atoms with Gasteiger partial charge in [0.25, 0.3) is 0 Å². The third-order valence-electron chi connectivity index (χ3n) is 2.60. The summed E-state index contributed by atoms with van der Waals surface area (Å²) in [7, 11) is 0. The number of rotatable bonds is 3. The predicted octanol–water partition coefficient (Wildman–Crippen LogP) is 2.25. The first-order chi connectivity index (χ1) is 9.09. The zero-order chi connectivity index (χ0) is 13.8. The molecule has 96 valence electrons. The van der Waals surface area contributed by atoms with Crippen LogP contribution in [0.4, 0.5) is 0 Å². The minimum atomic E-state index is -0.571. The van der Waals surface area contributed by atoms with Crippen molar-refractivity contribution in [3.63, 3.8) is 0 Å². The van der Waals surface area contributed by atoms with Gasteiger partial charge in [0.15, 0.2) is 5.78 Å². The summed E-state index contributed by atoms with van der Waals surface area (Å²) in [5, 5.41) is 30.8. The summed E-state index contributed by atoms with van der Waals surface area (Å²) in [5.74, 6) is -1.54. The van der Waals surface area contributed by atoms with Crippen LogP contribution in [-0.2, 0) is 0 Å². The number of aliphatic hydroxyl groups excluding tert-OH is 1. The number of aliphatic hydroxyl groups is 1. The Labute approximate surface area is 109 Å². The summed E-state index contributed by atoms with van der Waals surface area (Å²) in [5.41, 5.74) is 0.115. The van der Waals surface area contributed by atoms with Crippen molar-refractivity contribution in [3.05, 3.63) is 65.7 Å². The summed E-state index contributed by atoms with van der Waals surface area (Å²) in [6, 6.07) is 11.8. The Hall–Kier alpha value is -2.75. The van der Waals surface area contributed by atoms with Crippen molar-refractivity contribution in [3.8, 4) is 11.5 Å². The van der Waals surface area contributed by atoms with E-state index < -0.39 is 11.5 Å². The van der Waals surface area contributed by atoms with Gasteiger partial charge in [-0.25, -0.2) is 0 Å². The number of aromatic hydroxyl groups is 1. The topological polar surface area (TPSA) is 80.6 Å². The second kappa shape index (κ2) is 5.27. The molecular formula is C15H11O4-. The van der Waals surface area contributed by atoms with Crippen LogP contribution >= 0.6 is 0 Å². The smallest absolute Gasteiger partial charge is 0.193 e. The number of phenolic OH excluding ortho intramolecular Hbond substituents is 1. The highest BCUT2D eigenvalue weighted by atomic mass is 16.3. The fraction of sp³-hybridized carbons (Fsp3) is 0. The molecular weight excluding hydrogens is 244 g/mol. The Morgan fingerprint density at radius 3 is 2.21 bits per heavy atom. The monoisotopic (exact) mass is 255 g/mol. The minimum Gasteiger partial charge on any atom is -0.872 e. The molecule has 2 N–H and O–H groups in total. The Bertz CT molecular complexity index is 644. The van der Waals surface area contributed by atoms with Crippen LogP contribution in [0.15, 0.2) is 54.6 Å². The predicted molar refractivity (Wildman–Crippen MR) is 68.9 cm³/mol. The van der Waals surface area contributed by atoms with Crippen molar-refractivity contribution in [1.29, 1.82) is 0 Å². The van der Waals surface area contributed by atoms with Crippen molar-refractivity contribution in [2.75, 3.05) is 0 Å². The number of ketones is 1. The SMILES string of the molecule is O=C(/C=C(\O)c1ccccc1[O-])c1ccccc1O. The lowest BCUT2D eigenvalue weighted by molar-refractivity contribution is -0.268. The molecule has 0 aromatic heterocycles. The lowest BCUT2D eigenvalue weighted by Gasteiger charge is -2.11. The molecule has 0 bridgehead atoms. The first-order valence-corrected chi connectivity index (χ1v) is 5.59. The van der Waals surface area contributed by atoms with Crippen molar-refractivity contribution in [2.24, 2.45) is 0 Å². The van der Waals surface area contributed by atoms with E-state index in [9.17, 15) is 20.1 Å². The van der Waals surface area contributed by atoms with Gasteiger partial charge in [-0.2, -0.15) is 0 Å². The molecule has 0 atom stereocenters. The maximum absolute atomic E-state index is 11.9. The highest BCUT2D eigenvalue weighted by Crippen LogP contribution is 2.22. The van der Waals surface area contributed by atoms with E-state index in [0.29, 0.717) is 0 Å². The number of carbonyl (C=O) groups excluding carboxylic acids is 1. The van der Waals surface area contributed by atoms with E-state index in [2.05, 4.69) is 0 Å². The van der Waals surface area contributed by atoms with E-state index in [1.54, 1.807) is 24.3 Å². The fourth-order valence-electron chi connectivity index (χ4n) is 1.64. The number of phenols is 1. The molecule has 0 amide bonds. The molecule has 0 spiro atoms. The standard InChI is InChI=1S/C15H12O4/c16-12-7-3-1-5-10(12)14(18)9-15(19)11-6-2-4-8-13(11)17/h1-9,16-18H/p-1/b14-9-. The Morgan fingerprint density at radius 1 is 1.00 bits per heavy atom. The first kappa shape index (κ1) is 12.7. The normalized spacial score (nSPS) is 11.3. The van der Waals surface area contributed by atoms with Gasteiger partial charge in [0, 0.05) is 11.6 Å². The van der Waals surface area contributed by atoms with Crippen molar-refractivity contribution in [1.82, 2.24) is 0 Å². The quantitative estimate of drug-likeness (QED) is 0.500. The summed E-state index contributed by atoms with van der Waals surface area (Å²) in [6.45, 7) is 0. The number of hydrogen-bond acceptors (Lipinski definition) is 4. The molecule has 0 aliphatic carbocycles. The highest BCUT2D eigenvalue weighted by molar-refractivity contribution is 6.09. The van der Waals surface area contributed by atoms with Gasteiger partial charge < -0.3 is 15.3 Å². The van der Waals surface area contributed by atoms with Crippen molar-refractivity contribution < 1.29 is 20.1 Å². The molecule has 19 heavy (non-hydrogen) atoms. The number of allylic oxidation sites excluding steroid dienone is 1. The maximum atomic E-state index is 11.9. The summed E-state index contributed by atoms with van der Waals surface area (Å²) in [4.78, 5) is 11.9. The Morgan fingerprint density at radius 2 is 1.58 bits per heavy atom. The van der Waals surface area contributed by atoms with Gasteiger partial charge in [-0.15, -0.1) is 0 Å². The van der Waals surface area contributed by atoms with Crippen LogP contribution in [0.3, 0.4) is 0 Å². The molecule has 2 aromatic carbocycles. The van der Waals surface area contributed by atoms with Gasteiger partial charge in [-0.05, 0) is 12.1 Å². The molecule has 0 aliphatic rings. The zero-order valence-corrected chi connectivity index (χ0v) is 9.91. The second-order valence-corrected chi connectivity index (χ2v) is 3.91. The molecule has 0 saturated carbocycles. The van der Waals surface area contributed by atoms with Crippen LogP contribution in [0.25, 0.3) is 5.76 Å². The third-order valence-corrected chi connectivity index (χ3v) is 2.60. The Balaban J connectivity index is 2.34. The van der Waals surface area contributed by atoms with Crippen LogP contribution in [0, 0.1) is 0 Å². The second-order valence-electron chi connectivity index (χ2n) is 3.91. The van der Waals surface area contributed by atoms with E-state index in [1.807, 2.05) is 0 Å². The van der Waals surface area contributed by atoms with Gasteiger partial charge in [0.1, 0.15) is 11.5 Å². The third kappa shape index (κ3) is 2.74. The van der Waals surface area contributed by atoms with E-state index in [-0.39, 0.29) is 22.6 Å². The minimum absolute atomic E-state index is 0.0475. The van der Waals surface area contributed by atoms with E-state index in [0.717, 1.165) is 6.08 Å². The van der Waals surface area contributed by atoms with Crippen LogP contribution in [0.5, 0.6) is 11.5 Å². The average Bonchev–Trinajstić information content (AvgIpc) is 2.39. The molecule has 0 heterocycles. The lowest BCUT2D eigenvalue weighted by atomic mass is 10.1. The number of benzene rings is 2. The molecule has 0 aliphatic heterocycles. The van der Waals surface area contributed by atoms with Crippen molar-refractivity contribution >= 4 is 11.5 Å². The maximum Gasteiger partial charge on any atom is 0.193 e. The van der Waals surface area contributed by atoms with Gasteiger partial charge in [-0.3, -0.25) is 4.79 Å². The fourth-order valence-corrected chi connectivity index (χ4v) is 1.64. The van der Waals surface area contributed by atoms with Crippen molar-refractivity contribution in [2.45, 2.75) is 0 Å². The highest BCUT2D eigenvalue weighted by Gasteiger charge is 2.10. The van der Waals surface area contributed by atoms with Gasteiger partial charge in [0.05, 0.1) is 5.56 Å². The lowest BCUT2D eigenvalue weighted by Crippen LogP contribution is -2.00. The number of para-hydroxylation sites is 2. The van der Waals surface area contributed by atoms with E-state index >= 15 is 0 Å². The van der Waals surface area contributed by atoms with Crippen LogP contribution in [0.2, 0.25) is 0 Å². The molecule has 2 aromatic rings. The molecule has 0 unspecified atom stereocenters. The molecule has 0 saturated heterocycles. The average molecular weight is 255 g/mol. The summed E-state index contributed by atoms with van der Waals surface area (Å²) in [6.07, 6.45) is 0.922. The van der Waals surface area contributed by atoms with Gasteiger partial charge in [0.2, 0.25) is 0 Å². The largest absolute Gasteiger partial charge is 0.872 e. The zero-order valence-electron chi connectivity index (χ0n) is 9.91. The first-order valence-electron chi connectivity index (χ1n) is 5.59. The van der Waals surface area contributed by atoms with Gasteiger partial charge >= 0.3 is 0 Å². The number of hydrogen-bond donors (Lipinski definition) is 2. The summed E-state index contributed by atoms with van der Waals surface area (Å²) < 4.78 is 0. The Kier molecular flexibility index (Phi) is 3.52. The number of carbonyl (C=O) groups is 1. The molecule has 4 heteroatoms. The summed E-state index contributed by atoms with van der Waals surface area (Å²) >= 11 is 0. The van der Waals surface area contributed by atoms with E-state index in [1.165, 1.54) is 24.3 Å². The van der Waals surface area contributed by atoms with Crippen LogP contribution < -0.4 is 5.11 Å². The molecule has 0 fully saturated rings. The molecule has 2 rings (SSSR count). The van der Waals surface area contributed by atoms with Crippen LogP contribution in [-0.4, -0.2) is 16.0 Å².